The van der Waals surface area contributed by atoms with Crippen molar-refractivity contribution in [3.05, 3.63) is 52.8 Å². The molecule has 0 aliphatic heterocycles. The molecule has 0 spiro atoms. The summed E-state index contributed by atoms with van der Waals surface area (Å²) in [4.78, 5) is 22.9. The van der Waals surface area contributed by atoms with Crippen LogP contribution in [0.25, 0.3) is 15.9 Å². The minimum atomic E-state index is -3.90. The molecule has 3 aromatic heterocycles. The van der Waals surface area contributed by atoms with Crippen molar-refractivity contribution in [3.63, 3.8) is 0 Å². The van der Waals surface area contributed by atoms with Gasteiger partial charge in [-0.3, -0.25) is 4.40 Å². The normalized spacial score (nSPS) is 11.4. The zero-order chi connectivity index (χ0) is 22.1. The third-order valence-electron chi connectivity index (χ3n) is 4.04. The molecule has 3 heterocycles. The highest BCUT2D eigenvalue weighted by Crippen LogP contribution is 2.31. The van der Waals surface area contributed by atoms with Crippen LogP contribution in [-0.4, -0.2) is 50.5 Å². The lowest BCUT2D eigenvalue weighted by Crippen LogP contribution is -2.14. The minimum Gasteiger partial charge on any atom is -0.473 e. The summed E-state index contributed by atoms with van der Waals surface area (Å²) >= 11 is 7.45. The van der Waals surface area contributed by atoms with Crippen molar-refractivity contribution < 1.29 is 28.2 Å². The van der Waals surface area contributed by atoms with Gasteiger partial charge in [-0.25, -0.2) is 18.5 Å². The first kappa shape index (κ1) is 21.8. The fourth-order valence-electron chi connectivity index (χ4n) is 2.83. The van der Waals surface area contributed by atoms with Gasteiger partial charge in [0, 0.05) is 23.2 Å². The van der Waals surface area contributed by atoms with Gasteiger partial charge in [0.2, 0.25) is 5.03 Å². The van der Waals surface area contributed by atoms with Gasteiger partial charge < -0.3 is 15.9 Å². The lowest BCUT2D eigenvalue weighted by Gasteiger charge is -2.06. The predicted molar refractivity (Wildman–Crippen MR) is 111 cm³/mol. The predicted octanol–water partition coefficient (Wildman–Crippen LogP) is 1.90. The van der Waals surface area contributed by atoms with E-state index in [1.165, 1.54) is 19.7 Å². The molecule has 0 bridgehead atoms. The van der Waals surface area contributed by atoms with Gasteiger partial charge in [-0.15, -0.1) is 11.3 Å². The monoisotopic (exact) mass is 470 g/mol. The summed E-state index contributed by atoms with van der Waals surface area (Å²) in [5, 5.41) is 17.4. The summed E-state index contributed by atoms with van der Waals surface area (Å²) in [5.74, 6) is -3.65. The van der Waals surface area contributed by atoms with Crippen LogP contribution in [0.5, 0.6) is 0 Å². The van der Waals surface area contributed by atoms with Crippen LogP contribution in [0.2, 0.25) is 5.15 Å². The molecule has 0 saturated heterocycles. The third kappa shape index (κ3) is 3.89. The standard InChI is InChI=1S/C15H13ClN4O2S2.C2H2O4/c16-13-14(19-7-8-23-15(19)18-13)24(21,22)20-9-10(5-6-17)11-3-1-2-4-12(11)20;3-1(4)2(5)6/h1-4,7-9H,5-6,17H2;(H,3,4)(H,5,6). The molecule has 4 N–H and O–H groups in total. The van der Waals surface area contributed by atoms with Crippen molar-refractivity contribution in [1.82, 2.24) is 13.4 Å². The fourth-order valence-corrected chi connectivity index (χ4v) is 5.64. The molecule has 10 nitrogen and oxygen atoms in total. The molecule has 13 heteroatoms. The van der Waals surface area contributed by atoms with Gasteiger partial charge in [-0.2, -0.15) is 8.42 Å². The molecule has 0 aliphatic carbocycles. The van der Waals surface area contributed by atoms with Crippen LogP contribution in [0.15, 0.2) is 47.1 Å². The largest absolute Gasteiger partial charge is 0.473 e. The first-order valence-electron chi connectivity index (χ1n) is 8.30. The van der Waals surface area contributed by atoms with Gasteiger partial charge in [-0.05, 0) is 24.6 Å². The van der Waals surface area contributed by atoms with Gasteiger partial charge in [-0.1, -0.05) is 29.8 Å². The second-order valence-electron chi connectivity index (χ2n) is 5.88. The van der Waals surface area contributed by atoms with Gasteiger partial charge >= 0.3 is 11.9 Å². The molecule has 0 fully saturated rings. The van der Waals surface area contributed by atoms with Crippen molar-refractivity contribution in [2.24, 2.45) is 5.73 Å². The average molecular weight is 471 g/mol. The number of para-hydroxylation sites is 1. The Balaban J connectivity index is 0.000000377. The lowest BCUT2D eigenvalue weighted by atomic mass is 10.1. The molecule has 0 amide bonds. The van der Waals surface area contributed by atoms with Crippen LogP contribution in [-0.2, 0) is 26.0 Å². The van der Waals surface area contributed by atoms with E-state index in [0.717, 1.165) is 10.9 Å². The Kier molecular flexibility index (Phi) is 6.12. The number of benzene rings is 1. The molecule has 0 saturated carbocycles. The molecule has 0 radical (unpaired) electrons. The van der Waals surface area contributed by atoms with Gasteiger partial charge in [0.1, 0.15) is 0 Å². The number of thiazole rings is 1. The number of carboxylic acid groups (broad SMARTS) is 2. The number of fused-ring (bicyclic) bond motifs is 2. The Bertz CT molecular complexity index is 1340. The van der Waals surface area contributed by atoms with E-state index in [0.29, 0.717) is 23.4 Å². The number of aliphatic carboxylic acids is 2. The number of nitrogens with two attached hydrogens (primary N) is 1. The van der Waals surface area contributed by atoms with Crippen LogP contribution in [0.4, 0.5) is 0 Å². The quantitative estimate of drug-likeness (QED) is 0.381. The zero-order valence-corrected chi connectivity index (χ0v) is 17.5. The molecule has 0 unspecified atom stereocenters. The number of carbonyl (C=O) groups is 2. The fraction of sp³-hybridized carbons (Fsp3) is 0.118. The van der Waals surface area contributed by atoms with Gasteiger partial charge in [0.25, 0.3) is 10.0 Å². The van der Waals surface area contributed by atoms with Crippen molar-refractivity contribution >= 4 is 60.8 Å². The molecule has 158 valence electrons. The van der Waals surface area contributed by atoms with E-state index in [1.807, 2.05) is 12.1 Å². The Morgan fingerprint density at radius 2 is 1.87 bits per heavy atom. The number of hydrogen-bond acceptors (Lipinski definition) is 7. The summed E-state index contributed by atoms with van der Waals surface area (Å²) in [7, 11) is -3.90. The smallest absolute Gasteiger partial charge is 0.414 e. The van der Waals surface area contributed by atoms with Crippen molar-refractivity contribution in [1.29, 1.82) is 0 Å². The maximum Gasteiger partial charge on any atom is 0.414 e. The molecule has 30 heavy (non-hydrogen) atoms. The maximum absolute atomic E-state index is 13.3. The lowest BCUT2D eigenvalue weighted by molar-refractivity contribution is -0.159. The van der Waals surface area contributed by atoms with E-state index in [2.05, 4.69) is 4.98 Å². The summed E-state index contributed by atoms with van der Waals surface area (Å²) in [5.41, 5.74) is 7.14. The first-order valence-corrected chi connectivity index (χ1v) is 11.0. The SMILES string of the molecule is NCCc1cn(S(=O)(=O)c2c(Cl)nc3sccn23)c2ccccc12.O=C(O)C(=O)O. The number of nitrogens with zero attached hydrogens (tertiary/aromatic N) is 3. The molecule has 1 aromatic carbocycles. The van der Waals surface area contributed by atoms with Crippen LogP contribution >= 0.6 is 22.9 Å². The minimum absolute atomic E-state index is 0.0273. The molecular formula is C17H15ClN4O6S2. The topological polar surface area (TPSA) is 157 Å². The summed E-state index contributed by atoms with van der Waals surface area (Å²) in [6, 6.07) is 7.35. The van der Waals surface area contributed by atoms with Crippen LogP contribution < -0.4 is 5.73 Å². The number of aromatic nitrogens is 3. The molecule has 4 rings (SSSR count). The van der Waals surface area contributed by atoms with Crippen LogP contribution in [0.1, 0.15) is 5.56 Å². The second-order valence-corrected chi connectivity index (χ2v) is 8.85. The van der Waals surface area contributed by atoms with E-state index in [1.54, 1.807) is 29.9 Å². The molecule has 0 atom stereocenters. The van der Waals surface area contributed by atoms with E-state index >= 15 is 0 Å². The Morgan fingerprint density at radius 1 is 1.20 bits per heavy atom. The second kappa shape index (κ2) is 8.44. The van der Waals surface area contributed by atoms with Gasteiger partial charge in [0.05, 0.1) is 5.52 Å². The highest BCUT2D eigenvalue weighted by atomic mass is 35.5. The number of hydrogen-bond donors (Lipinski definition) is 3. The van der Waals surface area contributed by atoms with E-state index < -0.39 is 22.0 Å². The van der Waals surface area contributed by atoms with Crippen molar-refractivity contribution in [2.75, 3.05) is 6.54 Å². The number of carboxylic acids is 2. The summed E-state index contributed by atoms with van der Waals surface area (Å²) in [6.45, 7) is 0.441. The van der Waals surface area contributed by atoms with Crippen molar-refractivity contribution in [2.45, 2.75) is 11.4 Å². The highest BCUT2D eigenvalue weighted by molar-refractivity contribution is 7.90. The highest BCUT2D eigenvalue weighted by Gasteiger charge is 2.28. The Labute approximate surface area is 178 Å². The number of rotatable bonds is 4. The number of imidazole rings is 1. The third-order valence-corrected chi connectivity index (χ3v) is 6.87. The average Bonchev–Trinajstić information content (AvgIpc) is 3.35. The van der Waals surface area contributed by atoms with Crippen LogP contribution in [0.3, 0.4) is 0 Å². The summed E-state index contributed by atoms with van der Waals surface area (Å²) in [6.07, 6.45) is 3.87. The van der Waals surface area contributed by atoms with E-state index in [9.17, 15) is 8.42 Å². The Hall–Kier alpha value is -2.93. The van der Waals surface area contributed by atoms with Crippen molar-refractivity contribution in [3.8, 4) is 0 Å². The van der Waals surface area contributed by atoms with Gasteiger partial charge in [0.15, 0.2) is 10.1 Å². The molecule has 0 aliphatic rings. The van der Waals surface area contributed by atoms with E-state index in [4.69, 9.17) is 37.1 Å². The van der Waals surface area contributed by atoms with Crippen LogP contribution in [0, 0.1) is 0 Å². The molecule has 4 aromatic rings. The Morgan fingerprint density at radius 3 is 2.50 bits per heavy atom. The molecular weight excluding hydrogens is 456 g/mol. The number of halogens is 1. The maximum atomic E-state index is 13.3. The zero-order valence-electron chi connectivity index (χ0n) is 15.1. The summed E-state index contributed by atoms with van der Waals surface area (Å²) < 4.78 is 29.3. The van der Waals surface area contributed by atoms with E-state index in [-0.39, 0.29) is 10.2 Å². The first-order chi connectivity index (χ1) is 14.2.